The molecule has 1 atom stereocenters. The molecule has 0 bridgehead atoms. The molecule has 1 saturated carbocycles. The van der Waals surface area contributed by atoms with Gasteiger partial charge in [-0.1, -0.05) is 39.0 Å². The van der Waals surface area contributed by atoms with Crippen LogP contribution in [0.2, 0.25) is 0 Å². The van der Waals surface area contributed by atoms with Gasteiger partial charge in [0, 0.05) is 19.1 Å². The Morgan fingerprint density at radius 2 is 1.94 bits per heavy atom. The number of carbonyl (C=O) groups is 1. The highest BCUT2D eigenvalue weighted by Gasteiger charge is 2.30. The van der Waals surface area contributed by atoms with E-state index in [1.807, 2.05) is 0 Å². The smallest absolute Gasteiger partial charge is 0.317 e. The van der Waals surface area contributed by atoms with Crippen LogP contribution >= 0.6 is 0 Å². The summed E-state index contributed by atoms with van der Waals surface area (Å²) >= 11 is 0. The quantitative estimate of drug-likeness (QED) is 0.815. The first-order valence-corrected chi connectivity index (χ1v) is 7.85. The molecule has 1 heterocycles. The van der Waals surface area contributed by atoms with Gasteiger partial charge in [0.25, 0.3) is 0 Å². The zero-order chi connectivity index (χ0) is 12.8. The lowest BCUT2D eigenvalue weighted by Gasteiger charge is -2.30. The summed E-state index contributed by atoms with van der Waals surface area (Å²) in [5.41, 5.74) is 0. The number of nitrogens with zero attached hydrogens (tertiary/aromatic N) is 1. The Morgan fingerprint density at radius 1 is 1.17 bits per heavy atom. The highest BCUT2D eigenvalue weighted by Crippen LogP contribution is 2.31. The number of rotatable bonds is 4. The van der Waals surface area contributed by atoms with Crippen LogP contribution in [0.3, 0.4) is 0 Å². The molecule has 3 heteroatoms. The molecule has 0 radical (unpaired) electrons. The maximum Gasteiger partial charge on any atom is 0.317 e. The van der Waals surface area contributed by atoms with E-state index in [-0.39, 0.29) is 6.03 Å². The molecule has 3 nitrogen and oxygen atoms in total. The van der Waals surface area contributed by atoms with Crippen LogP contribution in [0, 0.1) is 5.92 Å². The monoisotopic (exact) mass is 252 g/mol. The van der Waals surface area contributed by atoms with E-state index in [2.05, 4.69) is 17.1 Å². The first kappa shape index (κ1) is 13.7. The van der Waals surface area contributed by atoms with Gasteiger partial charge in [0.1, 0.15) is 0 Å². The van der Waals surface area contributed by atoms with Crippen molar-refractivity contribution < 1.29 is 4.79 Å². The van der Waals surface area contributed by atoms with Crippen LogP contribution in [-0.4, -0.2) is 30.1 Å². The third-order valence-corrected chi connectivity index (χ3v) is 4.49. The fraction of sp³-hybridized carbons (Fsp3) is 0.933. The predicted octanol–water partition coefficient (Wildman–Crippen LogP) is 3.54. The lowest BCUT2D eigenvalue weighted by Crippen LogP contribution is -2.43. The molecule has 2 aliphatic rings. The van der Waals surface area contributed by atoms with Crippen LogP contribution in [0.25, 0.3) is 0 Å². The molecule has 0 aromatic heterocycles. The lowest BCUT2D eigenvalue weighted by atomic mass is 9.84. The van der Waals surface area contributed by atoms with Crippen LogP contribution in [0.1, 0.15) is 64.7 Å². The Labute approximate surface area is 111 Å². The molecule has 1 saturated heterocycles. The fourth-order valence-electron chi connectivity index (χ4n) is 3.49. The van der Waals surface area contributed by atoms with E-state index >= 15 is 0 Å². The van der Waals surface area contributed by atoms with Crippen LogP contribution < -0.4 is 5.32 Å². The van der Waals surface area contributed by atoms with Crippen LogP contribution in [-0.2, 0) is 0 Å². The van der Waals surface area contributed by atoms with Gasteiger partial charge in [0.2, 0.25) is 0 Å². The van der Waals surface area contributed by atoms with Gasteiger partial charge in [-0.2, -0.15) is 0 Å². The Balaban J connectivity index is 1.80. The molecule has 0 aromatic carbocycles. The second kappa shape index (κ2) is 7.01. The van der Waals surface area contributed by atoms with Crippen LogP contribution in [0.15, 0.2) is 0 Å². The predicted molar refractivity (Wildman–Crippen MR) is 74.6 cm³/mol. The zero-order valence-corrected chi connectivity index (χ0v) is 11.8. The molecule has 0 spiro atoms. The van der Waals surface area contributed by atoms with E-state index in [0.29, 0.717) is 6.04 Å². The van der Waals surface area contributed by atoms with E-state index < -0.39 is 0 Å². The van der Waals surface area contributed by atoms with Crippen molar-refractivity contribution in [1.82, 2.24) is 10.2 Å². The first-order valence-electron chi connectivity index (χ1n) is 7.85. The number of likely N-dealkylation sites (tertiary alicyclic amines) is 1. The molecule has 104 valence electrons. The Morgan fingerprint density at radius 3 is 2.67 bits per heavy atom. The number of amides is 2. The highest BCUT2D eigenvalue weighted by atomic mass is 16.2. The number of hydrogen-bond acceptors (Lipinski definition) is 1. The molecule has 18 heavy (non-hydrogen) atoms. The molecule has 1 aliphatic heterocycles. The SMILES string of the molecule is CCCNC(=O)N1CCCC1CC1CCCCC1. The minimum atomic E-state index is 0.176. The molecule has 1 aliphatic carbocycles. The van der Waals surface area contributed by atoms with Gasteiger partial charge in [0.05, 0.1) is 0 Å². The van der Waals surface area contributed by atoms with Gasteiger partial charge in [0.15, 0.2) is 0 Å². The molecular formula is C15H28N2O. The van der Waals surface area contributed by atoms with Crippen molar-refractivity contribution in [2.24, 2.45) is 5.92 Å². The normalized spacial score (nSPS) is 25.4. The van der Waals surface area contributed by atoms with Crippen molar-refractivity contribution in [3.63, 3.8) is 0 Å². The molecule has 2 fully saturated rings. The van der Waals surface area contributed by atoms with Crippen molar-refractivity contribution >= 4 is 6.03 Å². The summed E-state index contributed by atoms with van der Waals surface area (Å²) in [5, 5.41) is 3.03. The molecule has 2 amide bonds. The average molecular weight is 252 g/mol. The third-order valence-electron chi connectivity index (χ3n) is 4.49. The molecule has 1 N–H and O–H groups in total. The minimum Gasteiger partial charge on any atom is -0.338 e. The molecule has 2 rings (SSSR count). The van der Waals surface area contributed by atoms with Gasteiger partial charge in [-0.05, 0) is 31.6 Å². The van der Waals surface area contributed by atoms with Gasteiger partial charge >= 0.3 is 6.03 Å². The maximum atomic E-state index is 12.1. The summed E-state index contributed by atoms with van der Waals surface area (Å²) in [6.45, 7) is 3.88. The molecule has 0 aromatic rings. The Hall–Kier alpha value is -0.730. The summed E-state index contributed by atoms with van der Waals surface area (Å²) in [6.07, 6.45) is 11.7. The van der Waals surface area contributed by atoms with Gasteiger partial charge in [-0.25, -0.2) is 4.79 Å². The maximum absolute atomic E-state index is 12.1. The minimum absolute atomic E-state index is 0.176. The summed E-state index contributed by atoms with van der Waals surface area (Å²) < 4.78 is 0. The summed E-state index contributed by atoms with van der Waals surface area (Å²) in [5.74, 6) is 0.878. The highest BCUT2D eigenvalue weighted by molar-refractivity contribution is 5.74. The first-order chi connectivity index (χ1) is 8.81. The van der Waals surface area contributed by atoms with Crippen molar-refractivity contribution in [2.45, 2.75) is 70.8 Å². The number of carbonyl (C=O) groups excluding carboxylic acids is 1. The second-order valence-corrected chi connectivity index (χ2v) is 5.96. The van der Waals surface area contributed by atoms with Crippen molar-refractivity contribution in [2.75, 3.05) is 13.1 Å². The topological polar surface area (TPSA) is 32.3 Å². The Kier molecular flexibility index (Phi) is 5.33. The second-order valence-electron chi connectivity index (χ2n) is 5.96. The van der Waals surface area contributed by atoms with Crippen molar-refractivity contribution in [3.8, 4) is 0 Å². The summed E-state index contributed by atoms with van der Waals surface area (Å²) in [4.78, 5) is 14.2. The van der Waals surface area contributed by atoms with Crippen LogP contribution in [0.4, 0.5) is 4.79 Å². The lowest BCUT2D eigenvalue weighted by molar-refractivity contribution is 0.178. The van der Waals surface area contributed by atoms with Gasteiger partial charge < -0.3 is 10.2 Å². The van der Waals surface area contributed by atoms with E-state index in [4.69, 9.17) is 0 Å². The van der Waals surface area contributed by atoms with Crippen molar-refractivity contribution in [3.05, 3.63) is 0 Å². The number of nitrogens with one attached hydrogen (secondary N) is 1. The summed E-state index contributed by atoms with van der Waals surface area (Å²) in [6, 6.07) is 0.695. The standard InChI is InChI=1S/C15H28N2O/c1-2-10-16-15(18)17-11-6-9-14(17)12-13-7-4-3-5-8-13/h13-14H,2-12H2,1H3,(H,16,18). The zero-order valence-electron chi connectivity index (χ0n) is 11.8. The van der Waals surface area contributed by atoms with E-state index in [1.54, 1.807) is 0 Å². The number of hydrogen-bond donors (Lipinski definition) is 1. The van der Waals surface area contributed by atoms with Crippen molar-refractivity contribution in [1.29, 1.82) is 0 Å². The Bertz CT molecular complexity index is 261. The molecular weight excluding hydrogens is 224 g/mol. The van der Waals surface area contributed by atoms with Gasteiger partial charge in [-0.15, -0.1) is 0 Å². The number of urea groups is 1. The van der Waals surface area contributed by atoms with E-state index in [0.717, 1.165) is 25.4 Å². The average Bonchev–Trinajstić information content (AvgIpc) is 2.85. The molecule has 1 unspecified atom stereocenters. The third kappa shape index (κ3) is 3.63. The van der Waals surface area contributed by atoms with Gasteiger partial charge in [-0.3, -0.25) is 0 Å². The van der Waals surface area contributed by atoms with E-state index in [9.17, 15) is 4.79 Å². The summed E-state index contributed by atoms with van der Waals surface area (Å²) in [7, 11) is 0. The van der Waals surface area contributed by atoms with E-state index in [1.165, 1.54) is 51.4 Å². The fourth-order valence-corrected chi connectivity index (χ4v) is 3.49. The largest absolute Gasteiger partial charge is 0.338 e. The van der Waals surface area contributed by atoms with Crippen LogP contribution in [0.5, 0.6) is 0 Å².